The summed E-state index contributed by atoms with van der Waals surface area (Å²) in [5.41, 5.74) is 0. The van der Waals surface area contributed by atoms with Gasteiger partial charge in [0, 0.05) is 19.3 Å². The Morgan fingerprint density at radius 2 is 0.530 bits per heavy atom. The van der Waals surface area contributed by atoms with Gasteiger partial charge in [0.25, 0.3) is 0 Å². The van der Waals surface area contributed by atoms with Gasteiger partial charge < -0.3 is 14.2 Å². The third-order valence-electron chi connectivity index (χ3n) is 14.2. The summed E-state index contributed by atoms with van der Waals surface area (Å²) in [5.74, 6) is 0.0611. The average Bonchev–Trinajstić information content (AvgIpc) is 3.32. The van der Waals surface area contributed by atoms with Gasteiger partial charge in [-0.25, -0.2) is 0 Å². The van der Waals surface area contributed by atoms with Crippen LogP contribution >= 0.6 is 0 Å². The van der Waals surface area contributed by atoms with Crippen LogP contribution in [0, 0.1) is 5.92 Å². The zero-order chi connectivity index (χ0) is 48.1. The van der Waals surface area contributed by atoms with Crippen molar-refractivity contribution in [2.24, 2.45) is 5.92 Å². The van der Waals surface area contributed by atoms with Crippen molar-refractivity contribution in [3.8, 4) is 0 Å². The number of ether oxygens (including phenoxy) is 3. The zero-order valence-corrected chi connectivity index (χ0v) is 45.2. The zero-order valence-electron chi connectivity index (χ0n) is 45.2. The molecule has 0 N–H and O–H groups in total. The third kappa shape index (κ3) is 51.8. The van der Waals surface area contributed by atoms with Crippen molar-refractivity contribution < 1.29 is 28.6 Å². The number of unbranched alkanes of at least 4 members (excludes halogenated alkanes) is 41. The lowest BCUT2D eigenvalue weighted by Crippen LogP contribution is -2.30. The molecule has 0 aliphatic rings. The molecule has 0 fully saturated rings. The topological polar surface area (TPSA) is 78.9 Å². The van der Waals surface area contributed by atoms with E-state index >= 15 is 0 Å². The monoisotopic (exact) mass is 933 g/mol. The normalized spacial score (nSPS) is 12.4. The minimum Gasteiger partial charge on any atom is -0.462 e. The van der Waals surface area contributed by atoms with E-state index in [0.717, 1.165) is 63.7 Å². The van der Waals surface area contributed by atoms with Crippen LogP contribution in [0.1, 0.15) is 342 Å². The highest BCUT2D eigenvalue weighted by molar-refractivity contribution is 5.71. The summed E-state index contributed by atoms with van der Waals surface area (Å²) >= 11 is 0. The maximum absolute atomic E-state index is 12.9. The van der Waals surface area contributed by atoms with E-state index in [0.29, 0.717) is 19.3 Å². The number of esters is 3. The second-order valence-electron chi connectivity index (χ2n) is 20.9. The van der Waals surface area contributed by atoms with Crippen LogP contribution in [0.25, 0.3) is 0 Å². The molecule has 0 rings (SSSR count). The number of rotatable bonds is 55. The second-order valence-corrected chi connectivity index (χ2v) is 20.9. The quantitative estimate of drug-likeness (QED) is 0.0343. The Bertz CT molecular complexity index is 998. The molecule has 0 spiro atoms. The van der Waals surface area contributed by atoms with Crippen molar-refractivity contribution >= 4 is 17.9 Å². The highest BCUT2D eigenvalue weighted by Crippen LogP contribution is 2.19. The van der Waals surface area contributed by atoms with Crippen LogP contribution in [-0.2, 0) is 28.6 Å². The molecular formula is C60H116O6. The molecule has 66 heavy (non-hydrogen) atoms. The minimum absolute atomic E-state index is 0.0616. The Hall–Kier alpha value is -1.59. The first-order valence-corrected chi connectivity index (χ1v) is 29.9. The first-order valence-electron chi connectivity index (χ1n) is 29.9. The van der Waals surface area contributed by atoms with Crippen molar-refractivity contribution in [2.45, 2.75) is 348 Å². The van der Waals surface area contributed by atoms with Gasteiger partial charge in [-0.15, -0.1) is 0 Å². The van der Waals surface area contributed by atoms with Gasteiger partial charge in [-0.3, -0.25) is 14.4 Å². The lowest BCUT2D eigenvalue weighted by molar-refractivity contribution is -0.167. The Morgan fingerprint density at radius 3 is 0.788 bits per heavy atom. The van der Waals surface area contributed by atoms with Gasteiger partial charge in [-0.2, -0.15) is 0 Å². The van der Waals surface area contributed by atoms with E-state index in [4.69, 9.17) is 14.2 Å². The predicted molar refractivity (Wildman–Crippen MR) is 284 cm³/mol. The molecular weight excluding hydrogens is 817 g/mol. The first-order chi connectivity index (χ1) is 32.4. The van der Waals surface area contributed by atoms with Crippen LogP contribution in [0.15, 0.2) is 0 Å². The Labute approximate surface area is 412 Å². The highest BCUT2D eigenvalue weighted by Gasteiger charge is 2.19. The molecule has 0 radical (unpaired) electrons. The van der Waals surface area contributed by atoms with Gasteiger partial charge >= 0.3 is 17.9 Å². The van der Waals surface area contributed by atoms with E-state index in [-0.39, 0.29) is 31.1 Å². The molecule has 0 amide bonds. The summed E-state index contributed by atoms with van der Waals surface area (Å²) in [6.45, 7) is 9.10. The SMILES string of the molecule is CCCCCCCCCCCCCCCCCCCCC(=O)OC[C@@H](COC(=O)CCCCCCCCCCCCCC)OC(=O)CCCCCCCCCCCCCCCCC(C)CC. The van der Waals surface area contributed by atoms with E-state index in [1.165, 1.54) is 238 Å². The molecule has 0 bridgehead atoms. The van der Waals surface area contributed by atoms with E-state index in [1.807, 2.05) is 0 Å². The van der Waals surface area contributed by atoms with Crippen molar-refractivity contribution in [3.05, 3.63) is 0 Å². The van der Waals surface area contributed by atoms with Crippen molar-refractivity contribution in [1.29, 1.82) is 0 Å². The van der Waals surface area contributed by atoms with Crippen LogP contribution in [0.3, 0.4) is 0 Å². The molecule has 6 heteroatoms. The fourth-order valence-electron chi connectivity index (χ4n) is 9.25. The molecule has 392 valence electrons. The molecule has 0 saturated heterocycles. The summed E-state index contributed by atoms with van der Waals surface area (Å²) in [5, 5.41) is 0. The van der Waals surface area contributed by atoms with Crippen LogP contribution in [-0.4, -0.2) is 37.2 Å². The number of carbonyl (C=O) groups excluding carboxylic acids is 3. The summed E-state index contributed by atoms with van der Waals surface area (Å²) in [4.78, 5) is 38.2. The summed E-state index contributed by atoms with van der Waals surface area (Å²) in [6.07, 6.45) is 59.4. The number of hydrogen-bond acceptors (Lipinski definition) is 6. The maximum atomic E-state index is 12.9. The smallest absolute Gasteiger partial charge is 0.306 e. The lowest BCUT2D eigenvalue weighted by atomic mass is 9.99. The maximum Gasteiger partial charge on any atom is 0.306 e. The number of carbonyl (C=O) groups is 3. The molecule has 0 aromatic rings. The molecule has 0 aliphatic heterocycles. The summed E-state index contributed by atoms with van der Waals surface area (Å²) in [6, 6.07) is 0. The fourth-order valence-corrected chi connectivity index (χ4v) is 9.25. The molecule has 0 aromatic carbocycles. The van der Waals surface area contributed by atoms with Gasteiger partial charge in [-0.1, -0.05) is 304 Å². The molecule has 0 saturated carbocycles. The average molecular weight is 934 g/mol. The van der Waals surface area contributed by atoms with Crippen LogP contribution in [0.4, 0.5) is 0 Å². The Morgan fingerprint density at radius 1 is 0.303 bits per heavy atom. The van der Waals surface area contributed by atoms with E-state index in [2.05, 4.69) is 27.7 Å². The number of hydrogen-bond donors (Lipinski definition) is 0. The van der Waals surface area contributed by atoms with Crippen LogP contribution in [0.5, 0.6) is 0 Å². The standard InChI is InChI=1S/C60H116O6/c1-5-8-10-12-14-16-18-20-21-22-23-24-28-32-36-40-44-48-52-59(62)65-55-57(54-64-58(61)51-47-43-39-35-31-19-17-15-13-11-9-6-2)66-60(63)53-49-45-41-37-33-29-26-25-27-30-34-38-42-46-50-56(4)7-3/h56-57H,5-55H2,1-4H3/t56?,57-/m1/s1. The van der Waals surface area contributed by atoms with Crippen LogP contribution in [0.2, 0.25) is 0 Å². The molecule has 2 atom stereocenters. The molecule has 0 aromatic heterocycles. The Kier molecular flexibility index (Phi) is 53.0. The van der Waals surface area contributed by atoms with Gasteiger partial charge in [-0.05, 0) is 25.2 Å². The van der Waals surface area contributed by atoms with Gasteiger partial charge in [0.05, 0.1) is 0 Å². The second kappa shape index (κ2) is 54.4. The van der Waals surface area contributed by atoms with Crippen LogP contribution < -0.4 is 0 Å². The molecule has 0 heterocycles. The Balaban J connectivity index is 4.27. The van der Waals surface area contributed by atoms with E-state index in [1.54, 1.807) is 0 Å². The minimum atomic E-state index is -0.762. The van der Waals surface area contributed by atoms with E-state index in [9.17, 15) is 14.4 Å². The largest absolute Gasteiger partial charge is 0.462 e. The van der Waals surface area contributed by atoms with Crippen molar-refractivity contribution in [1.82, 2.24) is 0 Å². The van der Waals surface area contributed by atoms with Gasteiger partial charge in [0.2, 0.25) is 0 Å². The van der Waals surface area contributed by atoms with Crippen molar-refractivity contribution in [3.63, 3.8) is 0 Å². The first kappa shape index (κ1) is 64.4. The molecule has 1 unspecified atom stereocenters. The summed E-state index contributed by atoms with van der Waals surface area (Å²) < 4.78 is 16.9. The highest BCUT2D eigenvalue weighted by atomic mass is 16.6. The molecule has 0 aliphatic carbocycles. The van der Waals surface area contributed by atoms with Gasteiger partial charge in [0.15, 0.2) is 6.10 Å². The van der Waals surface area contributed by atoms with Gasteiger partial charge in [0.1, 0.15) is 13.2 Å². The van der Waals surface area contributed by atoms with E-state index < -0.39 is 6.10 Å². The van der Waals surface area contributed by atoms with Crippen molar-refractivity contribution in [2.75, 3.05) is 13.2 Å². The molecule has 6 nitrogen and oxygen atoms in total. The third-order valence-corrected chi connectivity index (χ3v) is 14.2. The fraction of sp³-hybridized carbons (Fsp3) is 0.950. The lowest BCUT2D eigenvalue weighted by Gasteiger charge is -2.18. The predicted octanol–water partition coefficient (Wildman–Crippen LogP) is 19.8. The summed E-state index contributed by atoms with van der Waals surface area (Å²) in [7, 11) is 0.